The molecule has 1 aromatic carbocycles. The van der Waals surface area contributed by atoms with Gasteiger partial charge < -0.3 is 10.6 Å². The van der Waals surface area contributed by atoms with Crippen LogP contribution in [-0.2, 0) is 0 Å². The Morgan fingerprint density at radius 2 is 2.00 bits per heavy atom. The summed E-state index contributed by atoms with van der Waals surface area (Å²) < 4.78 is 0. The van der Waals surface area contributed by atoms with E-state index in [0.29, 0.717) is 11.1 Å². The fourth-order valence-corrected chi connectivity index (χ4v) is 2.31. The average molecular weight is 265 g/mol. The van der Waals surface area contributed by atoms with E-state index >= 15 is 0 Å². The third-order valence-electron chi connectivity index (χ3n) is 3.07. The molecule has 0 bridgehead atoms. The Labute approximate surface area is 112 Å². The third kappa shape index (κ3) is 3.77. The van der Waals surface area contributed by atoms with Crippen LogP contribution >= 0.6 is 11.6 Å². The minimum atomic E-state index is -0.148. The van der Waals surface area contributed by atoms with Crippen molar-refractivity contribution in [2.75, 3.05) is 0 Å². The Morgan fingerprint density at radius 3 is 2.72 bits per heavy atom. The van der Waals surface area contributed by atoms with Crippen molar-refractivity contribution < 1.29 is 4.79 Å². The zero-order valence-electron chi connectivity index (χ0n) is 10.2. The molecule has 0 spiro atoms. The van der Waals surface area contributed by atoms with Crippen molar-refractivity contribution >= 4 is 23.7 Å². The topological polar surface area (TPSA) is 41.1 Å². The van der Waals surface area contributed by atoms with Gasteiger partial charge in [0.05, 0.1) is 0 Å². The fourth-order valence-electron chi connectivity index (χ4n) is 2.11. The normalized spacial score (nSPS) is 16.1. The van der Waals surface area contributed by atoms with E-state index in [9.17, 15) is 4.79 Å². The van der Waals surface area contributed by atoms with Crippen LogP contribution in [0.15, 0.2) is 30.5 Å². The molecule has 0 radical (unpaired) electrons. The summed E-state index contributed by atoms with van der Waals surface area (Å²) in [5.74, 6) is 0. The first-order chi connectivity index (χ1) is 8.75. The molecule has 1 aliphatic carbocycles. The van der Waals surface area contributed by atoms with Gasteiger partial charge in [-0.25, -0.2) is 4.79 Å². The Kier molecular flexibility index (Phi) is 4.65. The maximum absolute atomic E-state index is 11.6. The van der Waals surface area contributed by atoms with Gasteiger partial charge in [0.2, 0.25) is 0 Å². The monoisotopic (exact) mass is 264 g/mol. The van der Waals surface area contributed by atoms with Crippen molar-refractivity contribution in [2.45, 2.75) is 31.7 Å². The van der Waals surface area contributed by atoms with Crippen LogP contribution in [0, 0.1) is 0 Å². The highest BCUT2D eigenvalue weighted by molar-refractivity contribution is 6.32. The Bertz CT molecular complexity index is 439. The van der Waals surface area contributed by atoms with Crippen LogP contribution in [0.25, 0.3) is 6.08 Å². The molecule has 96 valence electrons. The van der Waals surface area contributed by atoms with Crippen molar-refractivity contribution in [1.82, 2.24) is 10.6 Å². The lowest BCUT2D eigenvalue weighted by atomic mass is 10.2. The maximum atomic E-state index is 11.6. The van der Waals surface area contributed by atoms with Gasteiger partial charge in [-0.3, -0.25) is 0 Å². The van der Waals surface area contributed by atoms with E-state index in [1.807, 2.05) is 24.3 Å². The summed E-state index contributed by atoms with van der Waals surface area (Å²) in [6.07, 6.45) is 7.99. The van der Waals surface area contributed by atoms with Crippen LogP contribution in [0.2, 0.25) is 5.02 Å². The predicted molar refractivity (Wildman–Crippen MR) is 74.4 cm³/mol. The lowest BCUT2D eigenvalue weighted by molar-refractivity contribution is 0.240. The Hall–Kier alpha value is -1.48. The van der Waals surface area contributed by atoms with Crippen LogP contribution in [0.3, 0.4) is 0 Å². The molecule has 0 aromatic heterocycles. The standard InChI is InChI=1S/C14H17ClN2O/c15-13-8-4-1-5-11(13)9-10-16-14(18)17-12-6-2-3-7-12/h1,4-5,8-10,12H,2-3,6-7H2,(H2,16,17,18)/b10-9+. The predicted octanol–water partition coefficient (Wildman–Crippen LogP) is 3.55. The molecule has 0 aliphatic heterocycles. The number of carbonyl (C=O) groups excluding carboxylic acids is 1. The molecule has 0 saturated heterocycles. The molecule has 0 heterocycles. The molecule has 0 unspecified atom stereocenters. The zero-order chi connectivity index (χ0) is 12.8. The molecular formula is C14H17ClN2O. The van der Waals surface area contributed by atoms with Crippen molar-refractivity contribution in [3.8, 4) is 0 Å². The highest BCUT2D eigenvalue weighted by atomic mass is 35.5. The van der Waals surface area contributed by atoms with Crippen LogP contribution in [0.4, 0.5) is 4.79 Å². The van der Waals surface area contributed by atoms with Gasteiger partial charge in [0.25, 0.3) is 0 Å². The summed E-state index contributed by atoms with van der Waals surface area (Å²) in [6.45, 7) is 0. The van der Waals surface area contributed by atoms with Crippen LogP contribution < -0.4 is 10.6 Å². The minimum Gasteiger partial charge on any atom is -0.335 e. The highest BCUT2D eigenvalue weighted by Gasteiger charge is 2.16. The second-order valence-corrected chi connectivity index (χ2v) is 4.86. The second kappa shape index (κ2) is 6.45. The van der Waals surface area contributed by atoms with Crippen LogP contribution in [0.1, 0.15) is 31.2 Å². The van der Waals surface area contributed by atoms with E-state index in [1.165, 1.54) is 12.8 Å². The fraction of sp³-hybridized carbons (Fsp3) is 0.357. The average Bonchev–Trinajstić information content (AvgIpc) is 2.84. The van der Waals surface area contributed by atoms with E-state index in [-0.39, 0.29) is 6.03 Å². The van der Waals surface area contributed by atoms with Gasteiger partial charge >= 0.3 is 6.03 Å². The first kappa shape index (κ1) is 13.0. The lowest BCUT2D eigenvalue weighted by Gasteiger charge is -2.10. The largest absolute Gasteiger partial charge is 0.335 e. The maximum Gasteiger partial charge on any atom is 0.318 e. The van der Waals surface area contributed by atoms with Gasteiger partial charge in [0, 0.05) is 17.3 Å². The van der Waals surface area contributed by atoms with Gasteiger partial charge in [0.15, 0.2) is 0 Å². The van der Waals surface area contributed by atoms with Gasteiger partial charge in [-0.2, -0.15) is 0 Å². The van der Waals surface area contributed by atoms with Crippen molar-refractivity contribution in [3.63, 3.8) is 0 Å². The number of urea groups is 1. The molecule has 4 heteroatoms. The first-order valence-electron chi connectivity index (χ1n) is 6.24. The van der Waals surface area contributed by atoms with E-state index < -0.39 is 0 Å². The Balaban J connectivity index is 1.80. The number of carbonyl (C=O) groups is 1. The van der Waals surface area contributed by atoms with Gasteiger partial charge in [0.1, 0.15) is 0 Å². The molecular weight excluding hydrogens is 248 g/mol. The number of hydrogen-bond acceptors (Lipinski definition) is 1. The number of hydrogen-bond donors (Lipinski definition) is 2. The molecule has 2 rings (SSSR count). The summed E-state index contributed by atoms with van der Waals surface area (Å²) in [4.78, 5) is 11.6. The van der Waals surface area contributed by atoms with Gasteiger partial charge in [-0.1, -0.05) is 42.6 Å². The van der Waals surface area contributed by atoms with E-state index in [0.717, 1.165) is 18.4 Å². The number of halogens is 1. The van der Waals surface area contributed by atoms with E-state index in [4.69, 9.17) is 11.6 Å². The summed E-state index contributed by atoms with van der Waals surface area (Å²) in [5.41, 5.74) is 0.889. The molecule has 1 aliphatic rings. The van der Waals surface area contributed by atoms with Crippen molar-refractivity contribution in [1.29, 1.82) is 0 Å². The molecule has 1 fully saturated rings. The number of benzene rings is 1. The molecule has 3 nitrogen and oxygen atoms in total. The molecule has 1 saturated carbocycles. The number of amides is 2. The van der Waals surface area contributed by atoms with E-state index in [1.54, 1.807) is 12.3 Å². The highest BCUT2D eigenvalue weighted by Crippen LogP contribution is 2.17. The molecule has 2 amide bonds. The number of rotatable bonds is 3. The van der Waals surface area contributed by atoms with Gasteiger partial charge in [-0.05, 0) is 30.5 Å². The van der Waals surface area contributed by atoms with E-state index in [2.05, 4.69) is 10.6 Å². The smallest absolute Gasteiger partial charge is 0.318 e. The molecule has 1 aromatic rings. The Morgan fingerprint density at radius 1 is 1.28 bits per heavy atom. The molecule has 0 atom stereocenters. The number of nitrogens with one attached hydrogen (secondary N) is 2. The first-order valence-corrected chi connectivity index (χ1v) is 6.61. The SMILES string of the molecule is O=C(N/C=C/c1ccccc1Cl)NC1CCCC1. The molecule has 18 heavy (non-hydrogen) atoms. The zero-order valence-corrected chi connectivity index (χ0v) is 10.9. The summed E-state index contributed by atoms with van der Waals surface area (Å²) in [5, 5.41) is 6.31. The van der Waals surface area contributed by atoms with Crippen molar-refractivity contribution in [3.05, 3.63) is 41.1 Å². The van der Waals surface area contributed by atoms with Crippen LogP contribution in [-0.4, -0.2) is 12.1 Å². The van der Waals surface area contributed by atoms with Gasteiger partial charge in [-0.15, -0.1) is 0 Å². The minimum absolute atomic E-state index is 0.148. The summed E-state index contributed by atoms with van der Waals surface area (Å²) in [6, 6.07) is 7.68. The van der Waals surface area contributed by atoms with Crippen LogP contribution in [0.5, 0.6) is 0 Å². The summed E-state index contributed by atoms with van der Waals surface area (Å²) in [7, 11) is 0. The quantitative estimate of drug-likeness (QED) is 0.861. The van der Waals surface area contributed by atoms with Crippen molar-refractivity contribution in [2.24, 2.45) is 0 Å². The second-order valence-electron chi connectivity index (χ2n) is 4.45. The summed E-state index contributed by atoms with van der Waals surface area (Å²) >= 11 is 6.00. The molecule has 2 N–H and O–H groups in total. The lowest BCUT2D eigenvalue weighted by Crippen LogP contribution is -2.38. The third-order valence-corrected chi connectivity index (χ3v) is 3.42.